The van der Waals surface area contributed by atoms with Crippen LogP contribution in [0.3, 0.4) is 0 Å². The number of hydrogen-bond acceptors (Lipinski definition) is 6. The van der Waals surface area contributed by atoms with Gasteiger partial charge in [0.1, 0.15) is 11.3 Å². The molecule has 0 bridgehead atoms. The largest absolute Gasteiger partial charge is 0.494 e. The van der Waals surface area contributed by atoms with E-state index in [1.165, 1.54) is 0 Å². The maximum atomic E-state index is 11.9. The fourth-order valence-corrected chi connectivity index (χ4v) is 3.40. The molecule has 0 aliphatic carbocycles. The van der Waals surface area contributed by atoms with Gasteiger partial charge >= 0.3 is 5.63 Å². The van der Waals surface area contributed by atoms with Gasteiger partial charge in [0.05, 0.1) is 13.2 Å². The highest BCUT2D eigenvalue weighted by Crippen LogP contribution is 2.24. The van der Waals surface area contributed by atoms with Gasteiger partial charge in [0, 0.05) is 50.7 Å². The Balaban J connectivity index is 1.69. The molecule has 1 aliphatic heterocycles. The number of likely N-dealkylation sites (N-methyl/N-ethyl adjacent to an activating group) is 1. The number of nitrogens with zero attached hydrogens (tertiary/aromatic N) is 2. The van der Waals surface area contributed by atoms with Crippen molar-refractivity contribution in [2.75, 3.05) is 45.9 Å². The Morgan fingerprint density at radius 2 is 1.89 bits per heavy atom. The van der Waals surface area contributed by atoms with Crippen molar-refractivity contribution in [1.82, 2.24) is 15.1 Å². The number of fused-ring (bicyclic) bond motifs is 1. The molecular formula is C20H27N3O4. The number of carbonyl (C=O) groups excluding carboxylic acids is 1. The third-order valence-corrected chi connectivity index (χ3v) is 4.71. The van der Waals surface area contributed by atoms with E-state index in [4.69, 9.17) is 9.15 Å². The molecule has 0 spiro atoms. The van der Waals surface area contributed by atoms with Crippen molar-refractivity contribution in [3.05, 3.63) is 40.2 Å². The average Bonchev–Trinajstić information content (AvgIpc) is 2.64. The predicted molar refractivity (Wildman–Crippen MR) is 104 cm³/mol. The summed E-state index contributed by atoms with van der Waals surface area (Å²) < 4.78 is 10.9. The molecule has 0 radical (unpaired) electrons. The van der Waals surface area contributed by atoms with Crippen LogP contribution in [0.4, 0.5) is 0 Å². The van der Waals surface area contributed by atoms with Crippen LogP contribution in [0.25, 0.3) is 11.0 Å². The van der Waals surface area contributed by atoms with Crippen molar-refractivity contribution >= 4 is 16.9 Å². The first-order valence-corrected chi connectivity index (χ1v) is 9.50. The van der Waals surface area contributed by atoms with Gasteiger partial charge in [0.2, 0.25) is 5.91 Å². The summed E-state index contributed by atoms with van der Waals surface area (Å²) in [6, 6.07) is 7.11. The number of rotatable bonds is 7. The summed E-state index contributed by atoms with van der Waals surface area (Å²) in [5.41, 5.74) is 1.19. The SMILES string of the molecule is CCNC(=O)CN1CCN(Cc2cc(=O)oc3ccc(OCC)cc23)CC1. The van der Waals surface area contributed by atoms with Gasteiger partial charge in [-0.3, -0.25) is 14.6 Å². The second-order valence-corrected chi connectivity index (χ2v) is 6.69. The molecule has 0 saturated carbocycles. The lowest BCUT2D eigenvalue weighted by Crippen LogP contribution is -2.49. The van der Waals surface area contributed by atoms with E-state index in [-0.39, 0.29) is 11.5 Å². The summed E-state index contributed by atoms with van der Waals surface area (Å²) in [5.74, 6) is 0.841. The lowest BCUT2D eigenvalue weighted by molar-refractivity contribution is -0.122. The normalized spacial score (nSPS) is 15.8. The molecule has 7 nitrogen and oxygen atoms in total. The summed E-state index contributed by atoms with van der Waals surface area (Å²) in [6.45, 7) is 9.60. The van der Waals surface area contributed by atoms with Crippen LogP contribution >= 0.6 is 0 Å². The monoisotopic (exact) mass is 373 g/mol. The molecule has 1 N–H and O–H groups in total. The van der Waals surface area contributed by atoms with E-state index < -0.39 is 0 Å². The van der Waals surface area contributed by atoms with Crippen LogP contribution in [0.1, 0.15) is 19.4 Å². The number of hydrogen-bond donors (Lipinski definition) is 1. The van der Waals surface area contributed by atoms with E-state index in [2.05, 4.69) is 15.1 Å². The molecule has 7 heteroatoms. The van der Waals surface area contributed by atoms with Crippen molar-refractivity contribution in [3.8, 4) is 5.75 Å². The molecule has 1 aromatic heterocycles. The van der Waals surface area contributed by atoms with Crippen molar-refractivity contribution < 1.29 is 13.9 Å². The smallest absolute Gasteiger partial charge is 0.336 e. The molecule has 1 saturated heterocycles. The van der Waals surface area contributed by atoms with Gasteiger partial charge < -0.3 is 14.5 Å². The van der Waals surface area contributed by atoms with E-state index in [0.717, 1.165) is 42.9 Å². The van der Waals surface area contributed by atoms with E-state index in [1.54, 1.807) is 12.1 Å². The molecule has 2 aromatic rings. The number of amides is 1. The quantitative estimate of drug-likeness (QED) is 0.741. The topological polar surface area (TPSA) is 75.0 Å². The Morgan fingerprint density at radius 3 is 2.59 bits per heavy atom. The molecule has 146 valence electrons. The van der Waals surface area contributed by atoms with Crippen molar-refractivity contribution in [2.45, 2.75) is 20.4 Å². The Labute approximate surface area is 158 Å². The summed E-state index contributed by atoms with van der Waals surface area (Å²) in [4.78, 5) is 28.1. The van der Waals surface area contributed by atoms with E-state index >= 15 is 0 Å². The summed E-state index contributed by atoms with van der Waals surface area (Å²) in [7, 11) is 0. The van der Waals surface area contributed by atoms with Crippen molar-refractivity contribution in [2.24, 2.45) is 0 Å². The molecule has 0 atom stereocenters. The molecular weight excluding hydrogens is 346 g/mol. The summed E-state index contributed by atoms with van der Waals surface area (Å²) in [6.07, 6.45) is 0. The Morgan fingerprint density at radius 1 is 1.15 bits per heavy atom. The molecule has 1 aromatic carbocycles. The molecule has 27 heavy (non-hydrogen) atoms. The van der Waals surface area contributed by atoms with Gasteiger partial charge in [0.25, 0.3) is 0 Å². The van der Waals surface area contributed by atoms with Crippen LogP contribution < -0.4 is 15.7 Å². The fraction of sp³-hybridized carbons (Fsp3) is 0.500. The van der Waals surface area contributed by atoms with Crippen LogP contribution in [0.5, 0.6) is 5.75 Å². The zero-order chi connectivity index (χ0) is 19.2. The number of benzene rings is 1. The molecule has 1 fully saturated rings. The second kappa shape index (κ2) is 9.01. The highest BCUT2D eigenvalue weighted by molar-refractivity contribution is 5.81. The standard InChI is InChI=1S/C20H27N3O4/c1-3-21-19(24)14-23-9-7-22(8-10-23)13-15-11-20(25)27-18-6-5-16(26-4-2)12-17(15)18/h5-6,11-12H,3-4,7-10,13-14H2,1-2H3,(H,21,24). The van der Waals surface area contributed by atoms with E-state index in [9.17, 15) is 9.59 Å². The van der Waals surface area contributed by atoms with Gasteiger partial charge in [-0.05, 0) is 37.6 Å². The number of nitrogens with one attached hydrogen (secondary N) is 1. The second-order valence-electron chi connectivity index (χ2n) is 6.69. The third kappa shape index (κ3) is 5.08. The lowest BCUT2D eigenvalue weighted by atomic mass is 10.1. The van der Waals surface area contributed by atoms with Crippen LogP contribution in [-0.4, -0.2) is 61.6 Å². The highest BCUT2D eigenvalue weighted by Gasteiger charge is 2.20. The van der Waals surface area contributed by atoms with Gasteiger partial charge in [-0.1, -0.05) is 0 Å². The maximum Gasteiger partial charge on any atom is 0.336 e. The average molecular weight is 373 g/mol. The van der Waals surface area contributed by atoms with E-state index in [1.807, 2.05) is 26.0 Å². The zero-order valence-corrected chi connectivity index (χ0v) is 16.0. The Bertz CT molecular complexity index is 841. The molecule has 1 aliphatic rings. The maximum absolute atomic E-state index is 11.9. The molecule has 1 amide bonds. The minimum Gasteiger partial charge on any atom is -0.494 e. The molecule has 0 unspecified atom stereocenters. The molecule has 3 rings (SSSR count). The number of piperazine rings is 1. The van der Waals surface area contributed by atoms with Crippen LogP contribution in [-0.2, 0) is 11.3 Å². The fourth-order valence-electron chi connectivity index (χ4n) is 3.40. The van der Waals surface area contributed by atoms with Crippen molar-refractivity contribution in [3.63, 3.8) is 0 Å². The van der Waals surface area contributed by atoms with Gasteiger partial charge in [-0.25, -0.2) is 4.79 Å². The zero-order valence-electron chi connectivity index (χ0n) is 16.0. The minimum atomic E-state index is -0.337. The molecule has 2 heterocycles. The Kier molecular flexibility index (Phi) is 6.47. The van der Waals surface area contributed by atoms with Gasteiger partial charge in [-0.15, -0.1) is 0 Å². The van der Waals surface area contributed by atoms with Crippen LogP contribution in [0.15, 0.2) is 33.5 Å². The van der Waals surface area contributed by atoms with Gasteiger partial charge in [0.15, 0.2) is 0 Å². The summed E-state index contributed by atoms with van der Waals surface area (Å²) in [5, 5.41) is 3.74. The predicted octanol–water partition coefficient (Wildman–Crippen LogP) is 1.45. The highest BCUT2D eigenvalue weighted by atomic mass is 16.5. The van der Waals surface area contributed by atoms with Crippen LogP contribution in [0.2, 0.25) is 0 Å². The van der Waals surface area contributed by atoms with Crippen molar-refractivity contribution in [1.29, 1.82) is 0 Å². The minimum absolute atomic E-state index is 0.0704. The number of carbonyl (C=O) groups is 1. The first-order chi connectivity index (χ1) is 13.1. The number of ether oxygens (including phenoxy) is 1. The Hall–Kier alpha value is -2.38. The first kappa shape index (κ1) is 19.4. The first-order valence-electron chi connectivity index (χ1n) is 9.50. The van der Waals surface area contributed by atoms with Crippen LogP contribution in [0, 0.1) is 0 Å². The third-order valence-electron chi connectivity index (χ3n) is 4.71. The lowest BCUT2D eigenvalue weighted by Gasteiger charge is -2.34. The summed E-state index contributed by atoms with van der Waals surface area (Å²) >= 11 is 0. The van der Waals surface area contributed by atoms with Gasteiger partial charge in [-0.2, -0.15) is 0 Å². The van der Waals surface area contributed by atoms with E-state index in [0.29, 0.717) is 31.8 Å².